The highest BCUT2D eigenvalue weighted by atomic mass is 32.1. The van der Waals surface area contributed by atoms with Crippen molar-refractivity contribution >= 4 is 28.2 Å². The van der Waals surface area contributed by atoms with Gasteiger partial charge >= 0.3 is 6.03 Å². The molecule has 2 N–H and O–H groups in total. The number of amides is 2. The maximum absolute atomic E-state index is 12.1. The van der Waals surface area contributed by atoms with Gasteiger partial charge in [-0.2, -0.15) is 0 Å². The van der Waals surface area contributed by atoms with Crippen LogP contribution in [0.3, 0.4) is 0 Å². The smallest absolute Gasteiger partial charge is 0.308 e. The van der Waals surface area contributed by atoms with Crippen LogP contribution in [-0.4, -0.2) is 29.0 Å². The SMILES string of the molecule is Cc1ccc(NC(=O)Nc2nc(CN(C)C(C)C)cs2)cc1C. The van der Waals surface area contributed by atoms with Gasteiger partial charge in [0.25, 0.3) is 0 Å². The molecule has 0 spiro atoms. The van der Waals surface area contributed by atoms with Gasteiger partial charge in [-0.3, -0.25) is 10.2 Å². The molecular formula is C17H24N4OS. The van der Waals surface area contributed by atoms with Crippen molar-refractivity contribution in [2.75, 3.05) is 17.7 Å². The maximum Gasteiger partial charge on any atom is 0.325 e. The molecule has 124 valence electrons. The molecule has 5 nitrogen and oxygen atoms in total. The van der Waals surface area contributed by atoms with Crippen LogP contribution < -0.4 is 10.6 Å². The Morgan fingerprint density at radius 3 is 2.65 bits per heavy atom. The van der Waals surface area contributed by atoms with E-state index in [2.05, 4.69) is 41.4 Å². The van der Waals surface area contributed by atoms with Gasteiger partial charge in [0, 0.05) is 23.7 Å². The number of hydrogen-bond donors (Lipinski definition) is 2. The molecule has 2 amide bonds. The molecule has 0 saturated heterocycles. The van der Waals surface area contributed by atoms with Crippen LogP contribution in [0.1, 0.15) is 30.7 Å². The van der Waals surface area contributed by atoms with Crippen molar-refractivity contribution in [3.05, 3.63) is 40.4 Å². The van der Waals surface area contributed by atoms with Crippen LogP contribution in [0.4, 0.5) is 15.6 Å². The molecule has 0 unspecified atom stereocenters. The van der Waals surface area contributed by atoms with Crippen molar-refractivity contribution in [2.45, 2.75) is 40.3 Å². The van der Waals surface area contributed by atoms with E-state index in [-0.39, 0.29) is 6.03 Å². The molecule has 0 aliphatic carbocycles. The molecule has 6 heteroatoms. The molecule has 0 atom stereocenters. The fraction of sp³-hybridized carbons (Fsp3) is 0.412. The monoisotopic (exact) mass is 332 g/mol. The Kier molecular flexibility index (Phi) is 5.74. The van der Waals surface area contributed by atoms with Crippen LogP contribution in [0.5, 0.6) is 0 Å². The lowest BCUT2D eigenvalue weighted by molar-refractivity contribution is 0.261. The first kappa shape index (κ1) is 17.4. The van der Waals surface area contributed by atoms with Gasteiger partial charge in [0.15, 0.2) is 5.13 Å². The molecule has 1 aromatic heterocycles. The summed E-state index contributed by atoms with van der Waals surface area (Å²) in [6.07, 6.45) is 0. The maximum atomic E-state index is 12.1. The Morgan fingerprint density at radius 2 is 2.00 bits per heavy atom. The third kappa shape index (κ3) is 5.04. The summed E-state index contributed by atoms with van der Waals surface area (Å²) in [6.45, 7) is 9.13. The number of carbonyl (C=O) groups is 1. The minimum Gasteiger partial charge on any atom is -0.308 e. The van der Waals surface area contributed by atoms with E-state index in [1.807, 2.05) is 37.4 Å². The molecule has 2 aromatic rings. The number of carbonyl (C=O) groups excluding carboxylic acids is 1. The lowest BCUT2D eigenvalue weighted by Crippen LogP contribution is -2.25. The molecule has 0 radical (unpaired) electrons. The zero-order valence-corrected chi connectivity index (χ0v) is 15.1. The van der Waals surface area contributed by atoms with Crippen molar-refractivity contribution in [2.24, 2.45) is 0 Å². The summed E-state index contributed by atoms with van der Waals surface area (Å²) in [4.78, 5) is 18.7. The largest absolute Gasteiger partial charge is 0.325 e. The fourth-order valence-corrected chi connectivity index (χ4v) is 2.65. The van der Waals surface area contributed by atoms with Crippen molar-refractivity contribution < 1.29 is 4.79 Å². The molecule has 0 aliphatic heterocycles. The Labute approximate surface area is 141 Å². The number of nitrogens with one attached hydrogen (secondary N) is 2. The summed E-state index contributed by atoms with van der Waals surface area (Å²) in [5.41, 5.74) is 4.10. The zero-order chi connectivity index (χ0) is 17.0. The average Bonchev–Trinajstić information content (AvgIpc) is 2.89. The van der Waals surface area contributed by atoms with E-state index in [4.69, 9.17) is 0 Å². The summed E-state index contributed by atoms with van der Waals surface area (Å²) in [7, 11) is 2.06. The van der Waals surface area contributed by atoms with Gasteiger partial charge < -0.3 is 5.32 Å². The molecule has 0 bridgehead atoms. The summed E-state index contributed by atoms with van der Waals surface area (Å²) in [5.74, 6) is 0. The summed E-state index contributed by atoms with van der Waals surface area (Å²) >= 11 is 1.44. The number of anilines is 2. The second-order valence-corrected chi connectivity index (χ2v) is 6.89. The molecule has 1 aromatic carbocycles. The fourth-order valence-electron chi connectivity index (χ4n) is 1.95. The standard InChI is InChI=1S/C17H24N4OS/c1-11(2)21(5)9-15-10-23-17(19-15)20-16(22)18-14-7-6-12(3)13(4)8-14/h6-8,10-11H,9H2,1-5H3,(H2,18,19,20,22). The predicted molar refractivity (Wildman–Crippen MR) is 97.3 cm³/mol. The number of aryl methyl sites for hydroxylation is 2. The first-order valence-corrected chi connectivity index (χ1v) is 8.53. The van der Waals surface area contributed by atoms with Crippen molar-refractivity contribution in [1.82, 2.24) is 9.88 Å². The first-order chi connectivity index (χ1) is 10.8. The number of aromatic nitrogens is 1. The second-order valence-electron chi connectivity index (χ2n) is 6.03. The second kappa shape index (κ2) is 7.57. The lowest BCUT2D eigenvalue weighted by atomic mass is 10.1. The van der Waals surface area contributed by atoms with Crippen molar-refractivity contribution in [1.29, 1.82) is 0 Å². The van der Waals surface area contributed by atoms with Gasteiger partial charge in [-0.1, -0.05) is 6.07 Å². The number of urea groups is 1. The van der Waals surface area contributed by atoms with E-state index >= 15 is 0 Å². The van der Waals surface area contributed by atoms with E-state index in [1.54, 1.807) is 0 Å². The minimum atomic E-state index is -0.272. The Hall–Kier alpha value is -1.92. The van der Waals surface area contributed by atoms with Gasteiger partial charge in [0.2, 0.25) is 0 Å². The first-order valence-electron chi connectivity index (χ1n) is 7.65. The Morgan fingerprint density at radius 1 is 1.26 bits per heavy atom. The summed E-state index contributed by atoms with van der Waals surface area (Å²) in [6, 6.07) is 6.04. The quantitative estimate of drug-likeness (QED) is 0.861. The third-order valence-electron chi connectivity index (χ3n) is 3.83. The van der Waals surface area contributed by atoms with Crippen molar-refractivity contribution in [3.8, 4) is 0 Å². The van der Waals surface area contributed by atoms with Gasteiger partial charge in [-0.05, 0) is 58.0 Å². The van der Waals surface area contributed by atoms with E-state index in [0.29, 0.717) is 11.2 Å². The van der Waals surface area contributed by atoms with Crippen LogP contribution in [0, 0.1) is 13.8 Å². The van der Waals surface area contributed by atoms with Crippen LogP contribution in [-0.2, 0) is 6.54 Å². The number of rotatable bonds is 5. The molecule has 2 rings (SSSR count). The predicted octanol–water partition coefficient (Wildman–Crippen LogP) is 4.24. The normalized spacial score (nSPS) is 11.1. The number of hydrogen-bond acceptors (Lipinski definition) is 4. The highest BCUT2D eigenvalue weighted by Crippen LogP contribution is 2.18. The third-order valence-corrected chi connectivity index (χ3v) is 4.64. The Balaban J connectivity index is 1.92. The molecule has 0 aliphatic rings. The summed E-state index contributed by atoms with van der Waals surface area (Å²) < 4.78 is 0. The number of thiazole rings is 1. The van der Waals surface area contributed by atoms with Crippen molar-refractivity contribution in [3.63, 3.8) is 0 Å². The molecule has 23 heavy (non-hydrogen) atoms. The topological polar surface area (TPSA) is 57.3 Å². The Bertz CT molecular complexity index is 681. The number of benzene rings is 1. The van der Waals surface area contributed by atoms with E-state index < -0.39 is 0 Å². The molecular weight excluding hydrogens is 308 g/mol. The van der Waals surface area contributed by atoms with E-state index in [1.165, 1.54) is 16.9 Å². The van der Waals surface area contributed by atoms with E-state index in [9.17, 15) is 4.79 Å². The van der Waals surface area contributed by atoms with Gasteiger partial charge in [-0.25, -0.2) is 9.78 Å². The van der Waals surface area contributed by atoms with Crippen LogP contribution in [0.15, 0.2) is 23.6 Å². The highest BCUT2D eigenvalue weighted by molar-refractivity contribution is 7.13. The van der Waals surface area contributed by atoms with Crippen LogP contribution in [0.2, 0.25) is 0 Å². The van der Waals surface area contributed by atoms with E-state index in [0.717, 1.165) is 23.5 Å². The summed E-state index contributed by atoms with van der Waals surface area (Å²) in [5, 5.41) is 8.21. The van der Waals surface area contributed by atoms with Gasteiger partial charge in [0.1, 0.15) is 0 Å². The molecule has 1 heterocycles. The van der Waals surface area contributed by atoms with Crippen LogP contribution in [0.25, 0.3) is 0 Å². The minimum absolute atomic E-state index is 0.272. The number of nitrogens with zero attached hydrogens (tertiary/aromatic N) is 2. The average molecular weight is 332 g/mol. The molecule has 0 fully saturated rings. The van der Waals surface area contributed by atoms with Gasteiger partial charge in [-0.15, -0.1) is 11.3 Å². The molecule has 0 saturated carbocycles. The van der Waals surface area contributed by atoms with Crippen LogP contribution >= 0.6 is 11.3 Å². The highest BCUT2D eigenvalue weighted by Gasteiger charge is 2.10. The lowest BCUT2D eigenvalue weighted by Gasteiger charge is -2.19. The zero-order valence-electron chi connectivity index (χ0n) is 14.3. The van der Waals surface area contributed by atoms with Gasteiger partial charge in [0.05, 0.1) is 5.69 Å².